The fourth-order valence-corrected chi connectivity index (χ4v) is 3.39. The number of hydrogen-bond donors (Lipinski definition) is 0. The molecule has 0 aliphatic carbocycles. The molecule has 0 N–H and O–H groups in total. The molecule has 3 rings (SSSR count). The normalized spacial score (nSPS) is 19.8. The third kappa shape index (κ3) is 1.49. The summed E-state index contributed by atoms with van der Waals surface area (Å²) in [6.45, 7) is 0. The third-order valence-corrected chi connectivity index (χ3v) is 4.69. The van der Waals surface area contributed by atoms with Crippen LogP contribution in [0.3, 0.4) is 0 Å². The molecule has 0 atom stereocenters. The topological polar surface area (TPSA) is 64.8 Å². The Labute approximate surface area is 96.9 Å². The van der Waals surface area contributed by atoms with Crippen LogP contribution >= 0.6 is 11.6 Å². The lowest BCUT2D eigenvalue weighted by Gasteiger charge is -2.25. The zero-order valence-corrected chi connectivity index (χ0v) is 9.74. The van der Waals surface area contributed by atoms with Gasteiger partial charge in [0.15, 0.2) is 9.84 Å². The van der Waals surface area contributed by atoms with Gasteiger partial charge in [0.1, 0.15) is 5.52 Å². The Bertz CT molecular complexity index is 652. The monoisotopic (exact) mass is 257 g/mol. The molecule has 1 aromatic carbocycles. The number of rotatable bonds is 1. The highest BCUT2D eigenvalue weighted by atomic mass is 35.5. The van der Waals surface area contributed by atoms with Gasteiger partial charge in [0.25, 0.3) is 0 Å². The number of aromatic nitrogens is 3. The van der Waals surface area contributed by atoms with Crippen molar-refractivity contribution in [3.8, 4) is 0 Å². The van der Waals surface area contributed by atoms with E-state index in [1.165, 1.54) is 0 Å². The molecule has 84 valence electrons. The molecule has 5 nitrogen and oxygen atoms in total. The molecule has 0 saturated carbocycles. The van der Waals surface area contributed by atoms with E-state index in [1.54, 1.807) is 16.8 Å². The molecular weight excluding hydrogens is 250 g/mol. The average Bonchev–Trinajstić information content (AvgIpc) is 2.56. The number of sulfone groups is 1. The molecule has 0 amide bonds. The summed E-state index contributed by atoms with van der Waals surface area (Å²) in [6.07, 6.45) is 0. The molecule has 1 aliphatic rings. The van der Waals surface area contributed by atoms with Crippen LogP contribution in [0.4, 0.5) is 0 Å². The lowest BCUT2D eigenvalue weighted by Crippen LogP contribution is -2.38. The smallest absolute Gasteiger partial charge is 0.154 e. The number of nitrogens with zero attached hydrogens (tertiary/aromatic N) is 3. The molecule has 1 fully saturated rings. The number of halogens is 1. The summed E-state index contributed by atoms with van der Waals surface area (Å²) in [5.74, 6) is 0.294. The van der Waals surface area contributed by atoms with Crippen molar-refractivity contribution in [2.75, 3.05) is 11.5 Å². The van der Waals surface area contributed by atoms with E-state index < -0.39 is 9.84 Å². The zero-order chi connectivity index (χ0) is 11.3. The van der Waals surface area contributed by atoms with Crippen molar-refractivity contribution in [1.29, 1.82) is 0 Å². The minimum absolute atomic E-state index is 0.0869. The summed E-state index contributed by atoms with van der Waals surface area (Å²) >= 11 is 5.83. The highest BCUT2D eigenvalue weighted by Gasteiger charge is 2.36. The van der Waals surface area contributed by atoms with Gasteiger partial charge in [-0.15, -0.1) is 5.10 Å². The molecule has 2 aromatic rings. The van der Waals surface area contributed by atoms with E-state index in [-0.39, 0.29) is 17.5 Å². The van der Waals surface area contributed by atoms with Crippen molar-refractivity contribution in [2.45, 2.75) is 6.04 Å². The Kier molecular flexibility index (Phi) is 1.99. The van der Waals surface area contributed by atoms with Gasteiger partial charge < -0.3 is 0 Å². The molecule has 1 saturated heterocycles. The Balaban J connectivity index is 2.06. The molecule has 2 heterocycles. The van der Waals surface area contributed by atoms with Crippen LogP contribution in [0.15, 0.2) is 18.2 Å². The molecule has 1 aliphatic heterocycles. The SMILES string of the molecule is O=S1(=O)CC(n2nnc3cc(Cl)ccc32)C1. The molecule has 1 aromatic heterocycles. The van der Waals surface area contributed by atoms with E-state index in [0.29, 0.717) is 10.5 Å². The first kappa shape index (κ1) is 10.0. The number of benzene rings is 1. The number of hydrogen-bond acceptors (Lipinski definition) is 4. The quantitative estimate of drug-likeness (QED) is 0.766. The van der Waals surface area contributed by atoms with Gasteiger partial charge in [-0.2, -0.15) is 0 Å². The van der Waals surface area contributed by atoms with Crippen molar-refractivity contribution >= 4 is 32.5 Å². The first-order valence-corrected chi connectivity index (χ1v) is 6.96. The maximum Gasteiger partial charge on any atom is 0.154 e. The highest BCUT2D eigenvalue weighted by Crippen LogP contribution is 2.27. The number of fused-ring (bicyclic) bond motifs is 1. The van der Waals surface area contributed by atoms with Gasteiger partial charge in [0, 0.05) is 5.02 Å². The predicted molar refractivity (Wildman–Crippen MR) is 60.2 cm³/mol. The van der Waals surface area contributed by atoms with Crippen molar-refractivity contribution in [3.05, 3.63) is 23.2 Å². The summed E-state index contributed by atoms with van der Waals surface area (Å²) in [7, 11) is -2.85. The van der Waals surface area contributed by atoms with Crippen LogP contribution in [0.1, 0.15) is 6.04 Å². The Morgan fingerprint density at radius 3 is 2.81 bits per heavy atom. The molecule has 0 bridgehead atoms. The first-order valence-electron chi connectivity index (χ1n) is 4.76. The highest BCUT2D eigenvalue weighted by molar-refractivity contribution is 7.92. The minimum atomic E-state index is -2.85. The van der Waals surface area contributed by atoms with Crippen molar-refractivity contribution in [2.24, 2.45) is 0 Å². The molecule has 0 unspecified atom stereocenters. The Morgan fingerprint density at radius 1 is 1.38 bits per heavy atom. The molecule has 16 heavy (non-hydrogen) atoms. The average molecular weight is 258 g/mol. The van der Waals surface area contributed by atoms with Crippen LogP contribution < -0.4 is 0 Å². The van der Waals surface area contributed by atoms with Crippen LogP contribution in [0.2, 0.25) is 5.02 Å². The van der Waals surface area contributed by atoms with Crippen LogP contribution in [0.25, 0.3) is 11.0 Å². The maximum absolute atomic E-state index is 11.1. The minimum Gasteiger partial charge on any atom is -0.240 e. The fourth-order valence-electron chi connectivity index (χ4n) is 1.86. The lowest BCUT2D eigenvalue weighted by atomic mass is 10.3. The van der Waals surface area contributed by atoms with Crippen LogP contribution in [0.5, 0.6) is 0 Å². The molecular formula is C9H8ClN3O2S. The third-order valence-electron chi connectivity index (χ3n) is 2.67. The van der Waals surface area contributed by atoms with Crippen molar-refractivity contribution in [1.82, 2.24) is 15.0 Å². The van der Waals surface area contributed by atoms with Gasteiger partial charge in [-0.25, -0.2) is 13.1 Å². The van der Waals surface area contributed by atoms with Gasteiger partial charge in [0.05, 0.1) is 23.1 Å². The van der Waals surface area contributed by atoms with E-state index in [4.69, 9.17) is 11.6 Å². The standard InChI is InChI=1S/C9H8ClN3O2S/c10-6-1-2-9-8(3-6)11-12-13(9)7-4-16(14,15)5-7/h1-3,7H,4-5H2. The predicted octanol–water partition coefficient (Wildman–Crippen LogP) is 1.05. The van der Waals surface area contributed by atoms with E-state index >= 15 is 0 Å². The van der Waals surface area contributed by atoms with Gasteiger partial charge in [-0.3, -0.25) is 0 Å². The van der Waals surface area contributed by atoms with E-state index in [1.807, 2.05) is 6.07 Å². The van der Waals surface area contributed by atoms with Gasteiger partial charge in [-0.1, -0.05) is 16.8 Å². The van der Waals surface area contributed by atoms with E-state index in [9.17, 15) is 8.42 Å². The summed E-state index contributed by atoms with van der Waals surface area (Å²) in [4.78, 5) is 0. The summed E-state index contributed by atoms with van der Waals surface area (Å²) < 4.78 is 23.9. The Morgan fingerprint density at radius 2 is 2.12 bits per heavy atom. The second-order valence-electron chi connectivity index (χ2n) is 3.90. The summed E-state index contributed by atoms with van der Waals surface area (Å²) in [5, 5.41) is 8.53. The van der Waals surface area contributed by atoms with Crippen molar-refractivity contribution in [3.63, 3.8) is 0 Å². The molecule has 7 heteroatoms. The van der Waals surface area contributed by atoms with E-state index in [0.717, 1.165) is 5.52 Å². The van der Waals surface area contributed by atoms with Crippen molar-refractivity contribution < 1.29 is 8.42 Å². The van der Waals surface area contributed by atoms with Crippen LogP contribution in [-0.2, 0) is 9.84 Å². The van der Waals surface area contributed by atoms with Gasteiger partial charge in [-0.05, 0) is 18.2 Å². The summed E-state index contributed by atoms with van der Waals surface area (Å²) in [5.41, 5.74) is 1.51. The second-order valence-corrected chi connectivity index (χ2v) is 6.49. The molecule has 0 radical (unpaired) electrons. The first-order chi connectivity index (χ1) is 7.55. The summed E-state index contributed by atoms with van der Waals surface area (Å²) in [6, 6.07) is 5.18. The maximum atomic E-state index is 11.1. The largest absolute Gasteiger partial charge is 0.240 e. The van der Waals surface area contributed by atoms with E-state index in [2.05, 4.69) is 10.3 Å². The second kappa shape index (κ2) is 3.18. The fraction of sp³-hybridized carbons (Fsp3) is 0.333. The van der Waals surface area contributed by atoms with Gasteiger partial charge >= 0.3 is 0 Å². The lowest BCUT2D eigenvalue weighted by molar-refractivity contribution is 0.474. The zero-order valence-electron chi connectivity index (χ0n) is 8.17. The molecule has 0 spiro atoms. The Hall–Kier alpha value is -1.14. The van der Waals surface area contributed by atoms with Crippen LogP contribution in [0, 0.1) is 0 Å². The van der Waals surface area contributed by atoms with Crippen LogP contribution in [-0.4, -0.2) is 34.9 Å². The van der Waals surface area contributed by atoms with Gasteiger partial charge in [0.2, 0.25) is 0 Å².